The van der Waals surface area contributed by atoms with Crippen LogP contribution in [0.25, 0.3) is 11.3 Å². The maximum absolute atomic E-state index is 13.2. The molecular formula is C17H15FO5S. The van der Waals surface area contributed by atoms with Crippen LogP contribution in [0.1, 0.15) is 25.0 Å². The van der Waals surface area contributed by atoms with E-state index in [-0.39, 0.29) is 27.6 Å². The maximum atomic E-state index is 13.2. The first-order chi connectivity index (χ1) is 11.1. The number of rotatable bonds is 3. The first-order valence-electron chi connectivity index (χ1n) is 7.12. The minimum atomic E-state index is -3.33. The molecule has 1 aromatic carbocycles. The fourth-order valence-corrected chi connectivity index (χ4v) is 3.15. The van der Waals surface area contributed by atoms with E-state index in [1.165, 1.54) is 12.1 Å². The fourth-order valence-electron chi connectivity index (χ4n) is 2.52. The van der Waals surface area contributed by atoms with E-state index >= 15 is 0 Å². The number of Topliss-reactive ketones (excluding diaryl/α,β-unsaturated/α-hetero) is 1. The number of benzene rings is 1. The van der Waals surface area contributed by atoms with Gasteiger partial charge in [-0.2, -0.15) is 4.39 Å². The SMILES string of the molecule is CC1(C)OC(c2ccc(S(C)(=O)=O)cc2)=C(c2coc(F)c2)C1=O. The van der Waals surface area contributed by atoms with Gasteiger partial charge in [0, 0.05) is 23.4 Å². The first-order valence-corrected chi connectivity index (χ1v) is 9.02. The molecule has 0 saturated heterocycles. The third-order valence-electron chi connectivity index (χ3n) is 3.76. The van der Waals surface area contributed by atoms with Crippen LogP contribution in [-0.4, -0.2) is 26.1 Å². The third kappa shape index (κ3) is 2.75. The van der Waals surface area contributed by atoms with Crippen molar-refractivity contribution in [2.24, 2.45) is 0 Å². The molecule has 1 aliphatic rings. The monoisotopic (exact) mass is 350 g/mol. The summed E-state index contributed by atoms with van der Waals surface area (Å²) in [4.78, 5) is 12.8. The summed E-state index contributed by atoms with van der Waals surface area (Å²) in [7, 11) is -3.33. The molecule has 0 aliphatic carbocycles. The Morgan fingerprint density at radius 1 is 1.08 bits per heavy atom. The van der Waals surface area contributed by atoms with Gasteiger partial charge in [-0.1, -0.05) is 0 Å². The molecule has 1 aromatic heterocycles. The molecule has 7 heteroatoms. The van der Waals surface area contributed by atoms with Crippen molar-refractivity contribution >= 4 is 27.0 Å². The number of furan rings is 1. The lowest BCUT2D eigenvalue weighted by Gasteiger charge is -2.17. The Morgan fingerprint density at radius 2 is 1.71 bits per heavy atom. The number of hydrogen-bond donors (Lipinski definition) is 0. The second kappa shape index (κ2) is 5.31. The molecule has 0 N–H and O–H groups in total. The standard InChI is InChI=1S/C17H15FO5S/c1-17(2)16(19)14(11-8-13(18)22-9-11)15(23-17)10-4-6-12(7-5-10)24(3,20)21/h4-9H,1-3H3. The van der Waals surface area contributed by atoms with Crippen LogP contribution in [0.3, 0.4) is 0 Å². The minimum absolute atomic E-state index is 0.159. The molecule has 0 amide bonds. The molecule has 126 valence electrons. The molecule has 0 fully saturated rings. The zero-order chi connectivity index (χ0) is 17.7. The molecule has 0 bridgehead atoms. The summed E-state index contributed by atoms with van der Waals surface area (Å²) in [5, 5.41) is 0. The van der Waals surface area contributed by atoms with Crippen LogP contribution in [0.4, 0.5) is 4.39 Å². The van der Waals surface area contributed by atoms with Crippen LogP contribution in [0.15, 0.2) is 45.9 Å². The average Bonchev–Trinajstić information content (AvgIpc) is 3.00. The molecule has 5 nitrogen and oxygen atoms in total. The molecule has 0 saturated carbocycles. The quantitative estimate of drug-likeness (QED) is 0.850. The van der Waals surface area contributed by atoms with E-state index in [1.54, 1.807) is 26.0 Å². The average molecular weight is 350 g/mol. The van der Waals surface area contributed by atoms with Crippen LogP contribution in [0.5, 0.6) is 0 Å². The Morgan fingerprint density at radius 3 is 2.21 bits per heavy atom. The van der Waals surface area contributed by atoms with E-state index in [0.29, 0.717) is 5.56 Å². The van der Waals surface area contributed by atoms with Crippen LogP contribution in [-0.2, 0) is 19.4 Å². The van der Waals surface area contributed by atoms with Gasteiger partial charge in [-0.3, -0.25) is 4.79 Å². The van der Waals surface area contributed by atoms with E-state index in [1.807, 2.05) is 0 Å². The zero-order valence-corrected chi connectivity index (χ0v) is 14.1. The lowest BCUT2D eigenvalue weighted by Crippen LogP contribution is -2.29. The van der Waals surface area contributed by atoms with Crippen LogP contribution >= 0.6 is 0 Å². The number of carbonyl (C=O) groups excluding carboxylic acids is 1. The van der Waals surface area contributed by atoms with Gasteiger partial charge < -0.3 is 9.15 Å². The summed E-state index contributed by atoms with van der Waals surface area (Å²) < 4.78 is 46.7. The van der Waals surface area contributed by atoms with Crippen molar-refractivity contribution < 1.29 is 26.8 Å². The summed E-state index contributed by atoms with van der Waals surface area (Å²) in [6, 6.07) is 6.28. The highest BCUT2D eigenvalue weighted by Gasteiger charge is 2.43. The molecule has 0 atom stereocenters. The highest BCUT2D eigenvalue weighted by atomic mass is 32.2. The normalized spacial score (nSPS) is 17.2. The zero-order valence-electron chi connectivity index (χ0n) is 13.3. The lowest BCUT2D eigenvalue weighted by molar-refractivity contribution is -0.125. The predicted molar refractivity (Wildman–Crippen MR) is 85.2 cm³/mol. The van der Waals surface area contributed by atoms with Gasteiger partial charge in [-0.15, -0.1) is 0 Å². The first kappa shape index (κ1) is 16.4. The summed E-state index contributed by atoms with van der Waals surface area (Å²) >= 11 is 0. The van der Waals surface area contributed by atoms with Crippen molar-refractivity contribution in [1.29, 1.82) is 0 Å². The Balaban J connectivity index is 2.15. The summed E-state index contributed by atoms with van der Waals surface area (Å²) in [5.74, 6) is -0.0312. The van der Waals surface area contributed by atoms with E-state index in [2.05, 4.69) is 4.42 Å². The molecule has 0 spiro atoms. The van der Waals surface area contributed by atoms with E-state index < -0.39 is 21.5 Å². The van der Waals surface area contributed by atoms with Crippen molar-refractivity contribution in [3.63, 3.8) is 0 Å². The minimum Gasteiger partial charge on any atom is -0.478 e. The van der Waals surface area contributed by atoms with Gasteiger partial charge >= 0.3 is 0 Å². The summed E-state index contributed by atoms with van der Waals surface area (Å²) in [6.07, 6.45) is 2.26. The molecule has 0 unspecified atom stereocenters. The van der Waals surface area contributed by atoms with Gasteiger partial charge in [-0.25, -0.2) is 8.42 Å². The number of ketones is 1. The van der Waals surface area contributed by atoms with Gasteiger partial charge in [0.15, 0.2) is 15.4 Å². The third-order valence-corrected chi connectivity index (χ3v) is 4.89. The van der Waals surface area contributed by atoms with E-state index in [9.17, 15) is 17.6 Å². The highest BCUT2D eigenvalue weighted by Crippen LogP contribution is 2.41. The second-order valence-electron chi connectivity index (χ2n) is 6.08. The second-order valence-corrected chi connectivity index (χ2v) is 8.10. The number of hydrogen-bond acceptors (Lipinski definition) is 5. The smallest absolute Gasteiger partial charge is 0.278 e. The van der Waals surface area contributed by atoms with Gasteiger partial charge in [0.05, 0.1) is 10.5 Å². The molecule has 24 heavy (non-hydrogen) atoms. The Bertz CT molecular complexity index is 949. The van der Waals surface area contributed by atoms with Gasteiger partial charge in [0.1, 0.15) is 12.0 Å². The lowest BCUT2D eigenvalue weighted by atomic mass is 9.94. The Kier molecular flexibility index (Phi) is 3.64. The van der Waals surface area contributed by atoms with E-state index in [4.69, 9.17) is 4.74 Å². The fraction of sp³-hybridized carbons (Fsp3) is 0.235. The number of ether oxygens (including phenoxy) is 1. The Labute approximate surface area is 138 Å². The molecule has 2 aromatic rings. The van der Waals surface area contributed by atoms with Crippen molar-refractivity contribution in [1.82, 2.24) is 0 Å². The molecular weight excluding hydrogens is 335 g/mol. The van der Waals surface area contributed by atoms with Crippen molar-refractivity contribution in [3.8, 4) is 0 Å². The van der Waals surface area contributed by atoms with Crippen molar-refractivity contribution in [2.45, 2.75) is 24.3 Å². The topological polar surface area (TPSA) is 73.6 Å². The molecule has 3 rings (SSSR count). The largest absolute Gasteiger partial charge is 0.478 e. The van der Waals surface area contributed by atoms with Crippen LogP contribution < -0.4 is 0 Å². The molecule has 2 heterocycles. The Hall–Kier alpha value is -2.41. The van der Waals surface area contributed by atoms with Crippen LogP contribution in [0.2, 0.25) is 0 Å². The predicted octanol–water partition coefficient (Wildman–Crippen LogP) is 3.07. The van der Waals surface area contributed by atoms with Crippen molar-refractivity contribution in [2.75, 3.05) is 6.26 Å². The van der Waals surface area contributed by atoms with Gasteiger partial charge in [-0.05, 0) is 38.1 Å². The maximum Gasteiger partial charge on any atom is 0.278 e. The molecule has 1 aliphatic heterocycles. The summed E-state index contributed by atoms with van der Waals surface area (Å²) in [6.45, 7) is 3.23. The molecule has 0 radical (unpaired) electrons. The number of carbonyl (C=O) groups is 1. The van der Waals surface area contributed by atoms with Gasteiger partial charge in [0.25, 0.3) is 6.01 Å². The number of sulfone groups is 1. The summed E-state index contributed by atoms with van der Waals surface area (Å²) in [5.41, 5.74) is -0.0866. The van der Waals surface area contributed by atoms with E-state index in [0.717, 1.165) is 18.6 Å². The van der Waals surface area contributed by atoms with Crippen molar-refractivity contribution in [3.05, 3.63) is 53.7 Å². The highest BCUT2D eigenvalue weighted by molar-refractivity contribution is 7.90. The van der Waals surface area contributed by atoms with Crippen LogP contribution in [0, 0.1) is 6.01 Å². The number of halogens is 1. The van der Waals surface area contributed by atoms with Gasteiger partial charge in [0.2, 0.25) is 5.78 Å².